The van der Waals surface area contributed by atoms with Crippen molar-refractivity contribution in [1.29, 1.82) is 0 Å². The van der Waals surface area contributed by atoms with E-state index in [9.17, 15) is 4.79 Å². The minimum atomic E-state index is -0.421. The lowest BCUT2D eigenvalue weighted by atomic mass is 9.90. The maximum atomic E-state index is 12.1. The first-order valence-electron chi connectivity index (χ1n) is 6.67. The van der Waals surface area contributed by atoms with Crippen molar-refractivity contribution in [3.8, 4) is 0 Å². The summed E-state index contributed by atoms with van der Waals surface area (Å²) in [4.78, 5) is 12.1. The maximum absolute atomic E-state index is 12.1. The van der Waals surface area contributed by atoms with Crippen LogP contribution in [-0.2, 0) is 9.53 Å². The van der Waals surface area contributed by atoms with Crippen molar-refractivity contribution >= 4 is 5.97 Å². The molecule has 0 spiro atoms. The van der Waals surface area contributed by atoms with E-state index in [1.165, 1.54) is 25.7 Å². The largest absolute Gasteiger partial charge is 0.461 e. The van der Waals surface area contributed by atoms with Gasteiger partial charge in [-0.3, -0.25) is 4.79 Å². The lowest BCUT2D eigenvalue weighted by molar-refractivity contribution is -0.159. The zero-order chi connectivity index (χ0) is 11.4. The molecule has 0 aromatic heterocycles. The van der Waals surface area contributed by atoms with Crippen molar-refractivity contribution in [2.45, 2.75) is 69.9 Å². The van der Waals surface area contributed by atoms with E-state index in [-0.39, 0.29) is 12.1 Å². The molecule has 1 atom stereocenters. The molecule has 0 aromatic rings. The summed E-state index contributed by atoms with van der Waals surface area (Å²) in [5, 5.41) is 3.31. The topological polar surface area (TPSA) is 38.3 Å². The van der Waals surface area contributed by atoms with Gasteiger partial charge in [-0.15, -0.1) is 0 Å². The highest BCUT2D eigenvalue weighted by Crippen LogP contribution is 2.25. The number of esters is 1. The third-order valence-electron chi connectivity index (χ3n) is 3.90. The second-order valence-electron chi connectivity index (χ2n) is 5.38. The molecule has 1 aliphatic heterocycles. The van der Waals surface area contributed by atoms with Crippen molar-refractivity contribution in [3.05, 3.63) is 0 Å². The van der Waals surface area contributed by atoms with Gasteiger partial charge in [0.15, 0.2) is 0 Å². The molecule has 0 bridgehead atoms. The van der Waals surface area contributed by atoms with E-state index in [0.29, 0.717) is 0 Å². The highest BCUT2D eigenvalue weighted by molar-refractivity contribution is 5.80. The van der Waals surface area contributed by atoms with Gasteiger partial charge in [-0.2, -0.15) is 0 Å². The van der Waals surface area contributed by atoms with Crippen LogP contribution in [0, 0.1) is 0 Å². The Bertz CT molecular complexity index is 240. The molecule has 3 nitrogen and oxygen atoms in total. The van der Waals surface area contributed by atoms with Gasteiger partial charge in [0.1, 0.15) is 11.6 Å². The average Bonchev–Trinajstić information content (AvgIpc) is 2.31. The lowest BCUT2D eigenvalue weighted by Crippen LogP contribution is -2.53. The number of piperidine rings is 1. The van der Waals surface area contributed by atoms with E-state index >= 15 is 0 Å². The molecule has 1 aliphatic carbocycles. The smallest absolute Gasteiger partial charge is 0.326 e. The molecule has 3 heteroatoms. The van der Waals surface area contributed by atoms with E-state index in [1.807, 2.05) is 6.92 Å². The zero-order valence-electron chi connectivity index (χ0n) is 10.3. The Morgan fingerprint density at radius 2 is 1.94 bits per heavy atom. The van der Waals surface area contributed by atoms with E-state index in [4.69, 9.17) is 4.74 Å². The van der Waals surface area contributed by atoms with Gasteiger partial charge in [-0.05, 0) is 58.4 Å². The molecule has 1 saturated heterocycles. The standard InChI is InChI=1S/C13H23NO2/c1-13(9-5-6-10-14-13)12(15)16-11-7-3-2-4-8-11/h11,14H,2-10H2,1H3. The number of carbonyl (C=O) groups is 1. The van der Waals surface area contributed by atoms with Crippen LogP contribution in [-0.4, -0.2) is 24.2 Å². The SMILES string of the molecule is CC1(C(=O)OC2CCCCC2)CCCCN1. The Morgan fingerprint density at radius 1 is 1.19 bits per heavy atom. The summed E-state index contributed by atoms with van der Waals surface area (Å²) in [6.45, 7) is 2.92. The fraction of sp³-hybridized carbons (Fsp3) is 0.923. The van der Waals surface area contributed by atoms with Gasteiger partial charge in [0.2, 0.25) is 0 Å². The monoisotopic (exact) mass is 225 g/mol. The molecule has 0 aromatic carbocycles. The molecule has 2 aliphatic rings. The summed E-state index contributed by atoms with van der Waals surface area (Å²) < 4.78 is 5.63. The van der Waals surface area contributed by atoms with Crippen LogP contribution >= 0.6 is 0 Å². The molecule has 92 valence electrons. The van der Waals surface area contributed by atoms with Crippen LogP contribution in [0.2, 0.25) is 0 Å². The Kier molecular flexibility index (Phi) is 3.85. The molecule has 16 heavy (non-hydrogen) atoms. The highest BCUT2D eigenvalue weighted by Gasteiger charge is 2.37. The first-order chi connectivity index (χ1) is 7.71. The summed E-state index contributed by atoms with van der Waals surface area (Å²) in [5.41, 5.74) is -0.421. The van der Waals surface area contributed by atoms with Crippen LogP contribution in [0.5, 0.6) is 0 Å². The quantitative estimate of drug-likeness (QED) is 0.733. The highest BCUT2D eigenvalue weighted by atomic mass is 16.5. The Hall–Kier alpha value is -0.570. The van der Waals surface area contributed by atoms with Crippen molar-refractivity contribution in [3.63, 3.8) is 0 Å². The minimum Gasteiger partial charge on any atom is -0.461 e. The van der Waals surface area contributed by atoms with Crippen molar-refractivity contribution in [1.82, 2.24) is 5.32 Å². The van der Waals surface area contributed by atoms with Crippen LogP contribution < -0.4 is 5.32 Å². The fourth-order valence-corrected chi connectivity index (χ4v) is 2.69. The number of ether oxygens (including phenoxy) is 1. The molecular formula is C13H23NO2. The molecule has 2 fully saturated rings. The Morgan fingerprint density at radius 3 is 2.56 bits per heavy atom. The predicted octanol–water partition coefficient (Wildman–Crippen LogP) is 2.39. The van der Waals surface area contributed by atoms with E-state index in [2.05, 4.69) is 5.32 Å². The van der Waals surface area contributed by atoms with E-state index < -0.39 is 5.54 Å². The third-order valence-corrected chi connectivity index (χ3v) is 3.90. The summed E-state index contributed by atoms with van der Waals surface area (Å²) >= 11 is 0. The molecule has 1 unspecified atom stereocenters. The normalized spacial score (nSPS) is 32.3. The fourth-order valence-electron chi connectivity index (χ4n) is 2.69. The van der Waals surface area contributed by atoms with Crippen molar-refractivity contribution in [2.75, 3.05) is 6.54 Å². The molecule has 0 amide bonds. The molecule has 1 heterocycles. The van der Waals surface area contributed by atoms with Crippen LogP contribution in [0.4, 0.5) is 0 Å². The first kappa shape index (κ1) is 11.9. The summed E-state index contributed by atoms with van der Waals surface area (Å²) in [7, 11) is 0. The van der Waals surface area contributed by atoms with Gasteiger partial charge >= 0.3 is 5.97 Å². The molecule has 0 radical (unpaired) electrons. The van der Waals surface area contributed by atoms with Crippen LogP contribution in [0.1, 0.15) is 58.3 Å². The van der Waals surface area contributed by atoms with Crippen LogP contribution in [0.15, 0.2) is 0 Å². The molecule has 1 saturated carbocycles. The second-order valence-corrected chi connectivity index (χ2v) is 5.38. The van der Waals surface area contributed by atoms with Gasteiger partial charge in [0, 0.05) is 0 Å². The van der Waals surface area contributed by atoms with Crippen LogP contribution in [0.3, 0.4) is 0 Å². The average molecular weight is 225 g/mol. The van der Waals surface area contributed by atoms with Gasteiger partial charge in [-0.1, -0.05) is 6.42 Å². The summed E-state index contributed by atoms with van der Waals surface area (Å²) in [6, 6.07) is 0. The van der Waals surface area contributed by atoms with E-state index in [1.54, 1.807) is 0 Å². The van der Waals surface area contributed by atoms with Crippen molar-refractivity contribution in [2.24, 2.45) is 0 Å². The maximum Gasteiger partial charge on any atom is 0.326 e. The van der Waals surface area contributed by atoms with Crippen molar-refractivity contribution < 1.29 is 9.53 Å². The van der Waals surface area contributed by atoms with Gasteiger partial charge in [0.05, 0.1) is 0 Å². The van der Waals surface area contributed by atoms with Gasteiger partial charge < -0.3 is 10.1 Å². The number of rotatable bonds is 2. The third kappa shape index (κ3) is 2.76. The van der Waals surface area contributed by atoms with Gasteiger partial charge in [0.25, 0.3) is 0 Å². The number of carbonyl (C=O) groups excluding carboxylic acids is 1. The zero-order valence-corrected chi connectivity index (χ0v) is 10.3. The molecular weight excluding hydrogens is 202 g/mol. The first-order valence-corrected chi connectivity index (χ1v) is 6.67. The number of nitrogens with one attached hydrogen (secondary N) is 1. The minimum absolute atomic E-state index is 0.0286. The summed E-state index contributed by atoms with van der Waals surface area (Å²) in [5.74, 6) is -0.0286. The van der Waals surface area contributed by atoms with Crippen LogP contribution in [0.25, 0.3) is 0 Å². The lowest BCUT2D eigenvalue weighted by Gasteiger charge is -2.34. The number of hydrogen-bond donors (Lipinski definition) is 1. The second kappa shape index (κ2) is 5.17. The number of hydrogen-bond acceptors (Lipinski definition) is 3. The predicted molar refractivity (Wildman–Crippen MR) is 63.2 cm³/mol. The van der Waals surface area contributed by atoms with Gasteiger partial charge in [-0.25, -0.2) is 0 Å². The Balaban J connectivity index is 1.85. The molecule has 2 rings (SSSR count). The molecule has 1 N–H and O–H groups in total. The van der Waals surface area contributed by atoms with E-state index in [0.717, 1.165) is 32.2 Å². The summed E-state index contributed by atoms with van der Waals surface area (Å²) in [6.07, 6.45) is 9.23. The Labute approximate surface area is 97.9 Å².